The summed E-state index contributed by atoms with van der Waals surface area (Å²) >= 11 is 0. The lowest BCUT2D eigenvalue weighted by molar-refractivity contribution is -0.245. The average Bonchev–Trinajstić information content (AvgIpc) is 3.06. The number of rotatable bonds is 9. The maximum absolute atomic E-state index is 13.9. The number of nitrogens with zero attached hydrogens (tertiary/aromatic N) is 1. The lowest BCUT2D eigenvalue weighted by Gasteiger charge is -2.43. The van der Waals surface area contributed by atoms with Crippen LogP contribution < -0.4 is 27.2 Å². The van der Waals surface area contributed by atoms with Crippen molar-refractivity contribution in [1.29, 1.82) is 0 Å². The number of fused-ring (bicyclic) bond motifs is 3. The second-order valence-corrected chi connectivity index (χ2v) is 11.9. The Morgan fingerprint density at radius 3 is 2.44 bits per heavy atom. The Labute approximate surface area is 273 Å². The van der Waals surface area contributed by atoms with Gasteiger partial charge in [-0.25, -0.2) is 11.3 Å². The fraction of sp³-hybridized carbons (Fsp3) is 0.452. The van der Waals surface area contributed by atoms with E-state index in [4.69, 9.17) is 25.8 Å². The molecule has 2 aromatic carbocycles. The van der Waals surface area contributed by atoms with E-state index in [0.717, 1.165) is 0 Å². The van der Waals surface area contributed by atoms with Crippen molar-refractivity contribution in [2.24, 2.45) is 16.7 Å². The van der Waals surface area contributed by atoms with Gasteiger partial charge in [0.25, 0.3) is 0 Å². The summed E-state index contributed by atoms with van der Waals surface area (Å²) in [7, 11) is 1.31. The number of hydrogen-bond donors (Lipinski definition) is 9. The third-order valence-electron chi connectivity index (χ3n) is 8.89. The molecule has 0 unspecified atom stereocenters. The number of methoxy groups -OCH3 is 1. The normalized spacial score (nSPS) is 26.6. The highest BCUT2D eigenvalue weighted by atomic mass is 16.7. The van der Waals surface area contributed by atoms with Gasteiger partial charge in [-0.3, -0.25) is 24.6 Å². The average molecular weight is 672 g/mol. The van der Waals surface area contributed by atoms with E-state index >= 15 is 0 Å². The number of hydrazine groups is 1. The van der Waals surface area contributed by atoms with Crippen molar-refractivity contribution >= 4 is 29.1 Å². The van der Waals surface area contributed by atoms with Gasteiger partial charge in [-0.15, -0.1) is 0 Å². The molecule has 1 saturated heterocycles. The number of carbonyl (C=O) groups excluding carboxylic acids is 4. The van der Waals surface area contributed by atoms with Crippen molar-refractivity contribution in [3.8, 4) is 17.2 Å². The topological polar surface area (TPSA) is 286 Å². The summed E-state index contributed by atoms with van der Waals surface area (Å²) < 4.78 is 17.3. The molecule has 1 heterocycles. The number of benzene rings is 2. The van der Waals surface area contributed by atoms with Gasteiger partial charge < -0.3 is 45.5 Å². The van der Waals surface area contributed by atoms with Crippen LogP contribution in [0.2, 0.25) is 0 Å². The van der Waals surface area contributed by atoms with Crippen LogP contribution in [-0.4, -0.2) is 98.5 Å². The molecule has 17 nitrogen and oxygen atoms in total. The summed E-state index contributed by atoms with van der Waals surface area (Å²) in [6.45, 7) is 0.661. The number of hydrazone groups is 1. The van der Waals surface area contributed by atoms with E-state index in [1.165, 1.54) is 25.3 Å². The van der Waals surface area contributed by atoms with Crippen molar-refractivity contribution in [1.82, 2.24) is 10.9 Å². The van der Waals surface area contributed by atoms with Gasteiger partial charge >= 0.3 is 0 Å². The predicted molar refractivity (Wildman–Crippen MR) is 164 cm³/mol. The molecule has 6 atom stereocenters. The Hall–Kier alpha value is -4.49. The number of carbonyl (C=O) groups is 4. The lowest BCUT2D eigenvalue weighted by Crippen LogP contribution is -2.53. The maximum atomic E-state index is 13.9. The van der Waals surface area contributed by atoms with Gasteiger partial charge in [0.1, 0.15) is 22.8 Å². The van der Waals surface area contributed by atoms with Gasteiger partial charge in [0, 0.05) is 54.8 Å². The summed E-state index contributed by atoms with van der Waals surface area (Å²) in [6, 6.07) is 3.55. The van der Waals surface area contributed by atoms with E-state index in [2.05, 4.69) is 10.5 Å². The SMILES string of the molecule is COc1cccc2c1C(=O)c1c(O)c3c(c(O)c1C2=O)C[C@@](O)(/C(CO)=N/NC(=O)CCC(=O)NN)C[C@@H]3O[C@H]1C[C@H](N)[C@H](O)[C@H](C)O1. The highest BCUT2D eigenvalue weighted by Gasteiger charge is 2.49. The van der Waals surface area contributed by atoms with Crippen LogP contribution in [0.4, 0.5) is 0 Å². The van der Waals surface area contributed by atoms with E-state index in [1.54, 1.807) is 6.92 Å². The molecule has 2 aliphatic carbocycles. The van der Waals surface area contributed by atoms with E-state index < -0.39 is 107 Å². The monoisotopic (exact) mass is 671 g/mol. The number of phenolic OH excluding ortho intramolecular Hbond substituents is 2. The molecule has 2 amide bonds. The fourth-order valence-electron chi connectivity index (χ4n) is 6.38. The van der Waals surface area contributed by atoms with Gasteiger partial charge in [-0.1, -0.05) is 12.1 Å². The van der Waals surface area contributed by atoms with Crippen LogP contribution in [0.15, 0.2) is 23.3 Å². The third-order valence-corrected chi connectivity index (χ3v) is 8.89. The smallest absolute Gasteiger partial charge is 0.240 e. The molecule has 0 radical (unpaired) electrons. The molecule has 17 heteroatoms. The quantitative estimate of drug-likeness (QED) is 0.0419. The number of phenols is 2. The number of aromatic hydroxyl groups is 2. The molecule has 0 bridgehead atoms. The fourth-order valence-corrected chi connectivity index (χ4v) is 6.38. The van der Waals surface area contributed by atoms with E-state index in [0.29, 0.717) is 0 Å². The first-order chi connectivity index (χ1) is 22.8. The van der Waals surface area contributed by atoms with Gasteiger partial charge in [-0.05, 0) is 13.0 Å². The Kier molecular flexibility index (Phi) is 9.84. The summed E-state index contributed by atoms with van der Waals surface area (Å²) in [5.41, 5.74) is 6.01. The zero-order valence-corrected chi connectivity index (χ0v) is 26.1. The second kappa shape index (κ2) is 13.6. The van der Waals surface area contributed by atoms with Crippen LogP contribution in [0.25, 0.3) is 0 Å². The Bertz CT molecular complexity index is 1680. The number of ketones is 2. The van der Waals surface area contributed by atoms with Gasteiger partial charge in [0.15, 0.2) is 12.1 Å². The Morgan fingerprint density at radius 1 is 1.10 bits per heavy atom. The molecule has 2 aromatic rings. The lowest BCUT2D eigenvalue weighted by atomic mass is 9.71. The summed E-state index contributed by atoms with van der Waals surface area (Å²) in [4.78, 5) is 51.4. The number of aliphatic hydroxyl groups is 3. The molecule has 1 aliphatic heterocycles. The van der Waals surface area contributed by atoms with E-state index in [9.17, 15) is 44.7 Å². The molecular formula is C31H37N5O12. The van der Waals surface area contributed by atoms with Gasteiger partial charge in [0.05, 0.1) is 54.4 Å². The molecule has 5 rings (SSSR count). The molecule has 0 spiro atoms. The highest BCUT2D eigenvalue weighted by Crippen LogP contribution is 2.52. The second-order valence-electron chi connectivity index (χ2n) is 11.9. The molecule has 1 fully saturated rings. The van der Waals surface area contributed by atoms with E-state index in [-0.39, 0.29) is 47.3 Å². The summed E-state index contributed by atoms with van der Waals surface area (Å²) in [6.07, 6.45) is -5.95. The Balaban J connectivity index is 1.61. The third kappa shape index (κ3) is 6.12. The first kappa shape index (κ1) is 34.8. The molecule has 48 heavy (non-hydrogen) atoms. The van der Waals surface area contributed by atoms with Crippen LogP contribution >= 0.6 is 0 Å². The Morgan fingerprint density at radius 2 is 1.79 bits per heavy atom. The maximum Gasteiger partial charge on any atom is 0.240 e. The van der Waals surface area contributed by atoms with Crippen LogP contribution in [0.3, 0.4) is 0 Å². The van der Waals surface area contributed by atoms with Crippen LogP contribution in [0, 0.1) is 0 Å². The number of hydrogen-bond acceptors (Lipinski definition) is 15. The molecule has 258 valence electrons. The summed E-state index contributed by atoms with van der Waals surface area (Å²) in [5.74, 6) is 0.720. The highest BCUT2D eigenvalue weighted by molar-refractivity contribution is 6.31. The number of nitrogens with two attached hydrogens (primary N) is 2. The molecular weight excluding hydrogens is 634 g/mol. The largest absolute Gasteiger partial charge is 0.507 e. The van der Waals surface area contributed by atoms with Crippen molar-refractivity contribution in [2.75, 3.05) is 13.7 Å². The first-order valence-corrected chi connectivity index (χ1v) is 15.1. The van der Waals surface area contributed by atoms with Crippen molar-refractivity contribution in [3.63, 3.8) is 0 Å². The molecule has 0 aromatic heterocycles. The minimum absolute atomic E-state index is 0.0250. The predicted octanol–water partition coefficient (Wildman–Crippen LogP) is -1.33. The standard InChI is InChI=1S/C31H37N5O12/c1-12-26(40)15(32)8-21(47-12)48-17-10-31(45,18(11-37)35-36-20(39)7-6-19(38)34-33)9-14-23(17)30(44)25-24(28(14)42)27(41)13-4-3-5-16(46-2)22(13)29(25)43/h3-5,12,15,17,21,26,37,40,42,44-45H,6-11,32-33H2,1-2H3,(H,34,38)(H,36,39)/b35-18+/t12-,15-,17-,21-,26+,31-/m0/s1. The zero-order valence-electron chi connectivity index (χ0n) is 26.1. The van der Waals surface area contributed by atoms with E-state index in [1.807, 2.05) is 5.43 Å². The first-order valence-electron chi connectivity index (χ1n) is 15.1. The zero-order chi connectivity index (χ0) is 35.1. The van der Waals surface area contributed by atoms with Crippen LogP contribution in [0.5, 0.6) is 17.2 Å². The van der Waals surface area contributed by atoms with Crippen molar-refractivity contribution < 1.29 is 58.9 Å². The van der Waals surface area contributed by atoms with Crippen molar-refractivity contribution in [2.45, 2.75) is 75.3 Å². The number of aliphatic hydroxyl groups excluding tert-OH is 2. The number of ether oxygens (including phenoxy) is 3. The molecule has 3 aliphatic rings. The van der Waals surface area contributed by atoms with Crippen molar-refractivity contribution in [3.05, 3.63) is 51.6 Å². The van der Waals surface area contributed by atoms with Gasteiger partial charge in [-0.2, -0.15) is 5.10 Å². The van der Waals surface area contributed by atoms with Crippen LogP contribution in [0.1, 0.15) is 81.7 Å². The number of nitrogens with one attached hydrogen (secondary N) is 2. The number of amides is 2. The minimum Gasteiger partial charge on any atom is -0.507 e. The summed E-state index contributed by atoms with van der Waals surface area (Å²) in [5, 5.41) is 59.8. The van der Waals surface area contributed by atoms with Crippen LogP contribution in [-0.2, 0) is 25.5 Å². The minimum atomic E-state index is -2.18. The molecule has 0 saturated carbocycles. The van der Waals surface area contributed by atoms with Gasteiger partial charge in [0.2, 0.25) is 17.6 Å². The molecule has 11 N–H and O–H groups in total.